The third-order valence-electron chi connectivity index (χ3n) is 5.42. The van der Waals surface area contributed by atoms with E-state index in [4.69, 9.17) is 22.1 Å². The van der Waals surface area contributed by atoms with E-state index in [1.807, 2.05) is 0 Å². The van der Waals surface area contributed by atoms with Crippen molar-refractivity contribution in [2.24, 2.45) is 5.73 Å². The molecule has 1 aromatic carbocycles. The summed E-state index contributed by atoms with van der Waals surface area (Å²) < 4.78 is 19.7. The summed E-state index contributed by atoms with van der Waals surface area (Å²) >= 11 is 6.16. The standard InChI is InChI=1S/C21H23ClFN5O3/c1-10-19(22)11(2)27-20(26-10)14-8-28(9-15(14)24)21(30)13-4-3-12(23)5-17(13)31-18-7-25-6-16(18)29/h3-5,16,18,25,29H,6-9,24H2,1-2H3/t16?,18-/m0/s1. The van der Waals surface area contributed by atoms with Crippen LogP contribution in [0.2, 0.25) is 5.02 Å². The van der Waals surface area contributed by atoms with Gasteiger partial charge in [-0.25, -0.2) is 14.4 Å². The Morgan fingerprint density at radius 1 is 1.29 bits per heavy atom. The minimum atomic E-state index is -0.740. The number of carbonyl (C=O) groups excluding carboxylic acids is 1. The number of carbonyl (C=O) groups is 1. The molecule has 164 valence electrons. The summed E-state index contributed by atoms with van der Waals surface area (Å²) in [6, 6.07) is 3.73. The molecule has 1 fully saturated rings. The SMILES string of the molecule is Cc1nc(C2=C(N)CN(C(=O)c3ccc(F)cc3O[C@H]3CNCC3O)C2)nc(C)c1Cl. The number of benzene rings is 1. The van der Waals surface area contributed by atoms with Crippen molar-refractivity contribution in [1.82, 2.24) is 20.2 Å². The van der Waals surface area contributed by atoms with Gasteiger partial charge in [0.05, 0.1) is 35.1 Å². The number of nitrogens with one attached hydrogen (secondary N) is 1. The van der Waals surface area contributed by atoms with Crippen LogP contribution in [0, 0.1) is 19.7 Å². The molecule has 0 spiro atoms. The lowest BCUT2D eigenvalue weighted by molar-refractivity contribution is 0.0686. The van der Waals surface area contributed by atoms with Crippen molar-refractivity contribution in [3.8, 4) is 5.75 Å². The third-order valence-corrected chi connectivity index (χ3v) is 5.97. The minimum absolute atomic E-state index is 0.0826. The van der Waals surface area contributed by atoms with Crippen molar-refractivity contribution in [2.45, 2.75) is 26.1 Å². The maximum atomic E-state index is 13.9. The molecular formula is C21H23ClFN5O3. The fraction of sp³-hybridized carbons (Fsp3) is 0.381. The number of aryl methyl sites for hydroxylation is 2. The number of amides is 1. The highest BCUT2D eigenvalue weighted by molar-refractivity contribution is 6.31. The van der Waals surface area contributed by atoms with Gasteiger partial charge in [0.25, 0.3) is 5.91 Å². The molecule has 10 heteroatoms. The summed E-state index contributed by atoms with van der Waals surface area (Å²) in [6.45, 7) is 4.73. The number of nitrogens with two attached hydrogens (primary N) is 1. The monoisotopic (exact) mass is 447 g/mol. The smallest absolute Gasteiger partial charge is 0.258 e. The van der Waals surface area contributed by atoms with Gasteiger partial charge in [0, 0.05) is 30.4 Å². The topological polar surface area (TPSA) is 114 Å². The molecule has 4 rings (SSSR count). The number of β-amino-alcohol motifs (C(OH)–C–C–N with tert-alkyl or cyclic N) is 1. The molecule has 0 radical (unpaired) electrons. The summed E-state index contributed by atoms with van der Waals surface area (Å²) in [6.07, 6.45) is -1.31. The average molecular weight is 448 g/mol. The number of aliphatic hydroxyl groups excluding tert-OH is 1. The number of halogens is 2. The predicted octanol–water partition coefficient (Wildman–Crippen LogP) is 1.42. The summed E-state index contributed by atoms with van der Waals surface area (Å²) in [5.74, 6) is -0.384. The molecule has 2 aliphatic heterocycles. The number of ether oxygens (including phenoxy) is 1. The van der Waals surface area contributed by atoms with Gasteiger partial charge in [0.1, 0.15) is 23.8 Å². The molecule has 1 saturated heterocycles. The van der Waals surface area contributed by atoms with Crippen LogP contribution in [0.25, 0.3) is 5.57 Å². The normalized spacial score (nSPS) is 21.1. The Bertz CT molecular complexity index is 1050. The average Bonchev–Trinajstić information content (AvgIpc) is 3.31. The maximum absolute atomic E-state index is 13.9. The van der Waals surface area contributed by atoms with Crippen LogP contribution in [0.15, 0.2) is 23.9 Å². The molecule has 0 saturated carbocycles. The molecular weight excluding hydrogens is 425 g/mol. The van der Waals surface area contributed by atoms with Gasteiger partial charge < -0.3 is 25.8 Å². The number of aliphatic hydroxyl groups is 1. The summed E-state index contributed by atoms with van der Waals surface area (Å²) in [5.41, 5.74) is 8.80. The van der Waals surface area contributed by atoms with E-state index in [0.717, 1.165) is 6.07 Å². The van der Waals surface area contributed by atoms with E-state index in [9.17, 15) is 14.3 Å². The number of aromatic nitrogens is 2. The van der Waals surface area contributed by atoms with Crippen LogP contribution in [-0.2, 0) is 0 Å². The summed E-state index contributed by atoms with van der Waals surface area (Å²) in [7, 11) is 0. The van der Waals surface area contributed by atoms with Gasteiger partial charge >= 0.3 is 0 Å². The Balaban J connectivity index is 1.57. The van der Waals surface area contributed by atoms with Gasteiger partial charge in [-0.05, 0) is 26.0 Å². The van der Waals surface area contributed by atoms with Gasteiger partial charge in [0.2, 0.25) is 0 Å². The molecule has 3 heterocycles. The van der Waals surface area contributed by atoms with Crippen LogP contribution >= 0.6 is 11.6 Å². The Hall–Kier alpha value is -2.75. The lowest BCUT2D eigenvalue weighted by Crippen LogP contribution is -2.33. The molecule has 31 heavy (non-hydrogen) atoms. The van der Waals surface area contributed by atoms with Crippen molar-refractivity contribution in [1.29, 1.82) is 0 Å². The molecule has 0 bridgehead atoms. The first-order valence-corrected chi connectivity index (χ1v) is 10.2. The predicted molar refractivity (Wildman–Crippen MR) is 113 cm³/mol. The van der Waals surface area contributed by atoms with Crippen molar-refractivity contribution in [2.75, 3.05) is 26.2 Å². The zero-order chi connectivity index (χ0) is 22.3. The molecule has 2 atom stereocenters. The maximum Gasteiger partial charge on any atom is 0.258 e. The molecule has 2 aromatic rings. The summed E-state index contributed by atoms with van der Waals surface area (Å²) in [4.78, 5) is 23.6. The van der Waals surface area contributed by atoms with Gasteiger partial charge in [0.15, 0.2) is 5.82 Å². The largest absolute Gasteiger partial charge is 0.485 e. The fourth-order valence-corrected chi connectivity index (χ4v) is 3.79. The van der Waals surface area contributed by atoms with Crippen molar-refractivity contribution in [3.05, 3.63) is 57.5 Å². The number of nitrogens with zero attached hydrogens (tertiary/aromatic N) is 3. The molecule has 1 amide bonds. The van der Waals surface area contributed by atoms with Crippen LogP contribution in [0.5, 0.6) is 5.75 Å². The lowest BCUT2D eigenvalue weighted by Gasteiger charge is -2.21. The zero-order valence-electron chi connectivity index (χ0n) is 17.2. The number of hydrogen-bond donors (Lipinski definition) is 3. The van der Waals surface area contributed by atoms with Crippen LogP contribution in [0.4, 0.5) is 4.39 Å². The molecule has 4 N–H and O–H groups in total. The third kappa shape index (κ3) is 4.21. The van der Waals surface area contributed by atoms with Crippen LogP contribution in [0.3, 0.4) is 0 Å². The van der Waals surface area contributed by atoms with Gasteiger partial charge in [-0.3, -0.25) is 4.79 Å². The molecule has 1 unspecified atom stereocenters. The Morgan fingerprint density at radius 3 is 2.65 bits per heavy atom. The van der Waals surface area contributed by atoms with Gasteiger partial charge in [-0.1, -0.05) is 11.6 Å². The first kappa shape index (κ1) is 21.5. The second-order valence-electron chi connectivity index (χ2n) is 7.72. The zero-order valence-corrected chi connectivity index (χ0v) is 17.9. The quantitative estimate of drug-likeness (QED) is 0.649. The Morgan fingerprint density at radius 2 is 2.00 bits per heavy atom. The van der Waals surface area contributed by atoms with E-state index in [1.165, 1.54) is 17.0 Å². The molecule has 1 aromatic heterocycles. The number of hydrogen-bond acceptors (Lipinski definition) is 7. The van der Waals surface area contributed by atoms with Crippen LogP contribution in [0.1, 0.15) is 27.6 Å². The second-order valence-corrected chi connectivity index (χ2v) is 8.10. The van der Waals surface area contributed by atoms with Crippen molar-refractivity contribution >= 4 is 23.1 Å². The van der Waals surface area contributed by atoms with E-state index in [1.54, 1.807) is 13.8 Å². The van der Waals surface area contributed by atoms with Crippen LogP contribution < -0.4 is 15.8 Å². The Labute approximate surface area is 183 Å². The first-order chi connectivity index (χ1) is 14.7. The van der Waals surface area contributed by atoms with Gasteiger partial charge in [-0.15, -0.1) is 0 Å². The highest BCUT2D eigenvalue weighted by atomic mass is 35.5. The van der Waals surface area contributed by atoms with E-state index < -0.39 is 18.0 Å². The Kier molecular flexibility index (Phi) is 5.83. The van der Waals surface area contributed by atoms with Crippen molar-refractivity contribution < 1.29 is 19.0 Å². The van der Waals surface area contributed by atoms with E-state index in [2.05, 4.69) is 15.3 Å². The molecule has 2 aliphatic rings. The van der Waals surface area contributed by atoms with E-state index >= 15 is 0 Å². The van der Waals surface area contributed by atoms with Crippen molar-refractivity contribution in [3.63, 3.8) is 0 Å². The van der Waals surface area contributed by atoms with Gasteiger partial charge in [-0.2, -0.15) is 0 Å². The minimum Gasteiger partial charge on any atom is -0.485 e. The fourth-order valence-electron chi connectivity index (χ4n) is 3.71. The van der Waals surface area contributed by atoms with Crippen LogP contribution in [-0.4, -0.2) is 64.3 Å². The van der Waals surface area contributed by atoms with E-state index in [0.29, 0.717) is 46.6 Å². The number of rotatable bonds is 4. The first-order valence-electron chi connectivity index (χ1n) is 9.87. The lowest BCUT2D eigenvalue weighted by atomic mass is 10.1. The highest BCUT2D eigenvalue weighted by Gasteiger charge is 2.32. The second kappa shape index (κ2) is 8.41. The summed E-state index contributed by atoms with van der Waals surface area (Å²) in [5, 5.41) is 13.5. The molecule has 8 nitrogen and oxygen atoms in total. The van der Waals surface area contributed by atoms with E-state index in [-0.39, 0.29) is 30.3 Å². The molecule has 0 aliphatic carbocycles. The highest BCUT2D eigenvalue weighted by Crippen LogP contribution is 2.29.